The Labute approximate surface area is 246 Å². The number of aromatic nitrogens is 2. The molecular formula is C28H25BrFIN4O4. The van der Waals surface area contributed by atoms with E-state index in [0.717, 1.165) is 10.9 Å². The summed E-state index contributed by atoms with van der Waals surface area (Å²) in [5.74, 6) is 0.437. The van der Waals surface area contributed by atoms with Gasteiger partial charge in [-0.3, -0.25) is 9.59 Å². The average molecular weight is 707 g/mol. The lowest BCUT2D eigenvalue weighted by Gasteiger charge is -2.15. The van der Waals surface area contributed by atoms with Gasteiger partial charge in [-0.05, 0) is 83.1 Å². The number of hydrogen-bond acceptors (Lipinski definition) is 6. The van der Waals surface area contributed by atoms with Gasteiger partial charge in [0.2, 0.25) is 0 Å². The number of nitrogens with zero attached hydrogens (tertiary/aromatic N) is 3. The number of ether oxygens (including phenoxy) is 2. The van der Waals surface area contributed by atoms with Gasteiger partial charge in [0, 0.05) is 16.1 Å². The number of anilines is 1. The number of nitrogens with one attached hydrogen (secondary N) is 1. The molecule has 0 saturated heterocycles. The fraction of sp³-hybridized carbons (Fsp3) is 0.214. The van der Waals surface area contributed by atoms with Crippen molar-refractivity contribution in [3.8, 4) is 11.5 Å². The first-order valence-corrected chi connectivity index (χ1v) is 13.9. The fourth-order valence-electron chi connectivity index (χ4n) is 3.76. The zero-order chi connectivity index (χ0) is 28.1. The maximum atomic E-state index is 13.4. The van der Waals surface area contributed by atoms with Crippen LogP contribution in [0, 0.1) is 9.39 Å². The molecular weight excluding hydrogens is 682 g/mol. The highest BCUT2D eigenvalue weighted by Gasteiger charge is 2.17. The Hall–Kier alpha value is -3.32. The molecule has 0 radical (unpaired) electrons. The third-order valence-corrected chi connectivity index (χ3v) is 7.21. The van der Waals surface area contributed by atoms with Crippen molar-refractivity contribution in [1.82, 2.24) is 9.66 Å². The topological polar surface area (TPSA) is 94.8 Å². The molecule has 4 rings (SSSR count). The van der Waals surface area contributed by atoms with E-state index in [4.69, 9.17) is 14.5 Å². The summed E-state index contributed by atoms with van der Waals surface area (Å²) in [5.41, 5.74) is 1.34. The van der Waals surface area contributed by atoms with Gasteiger partial charge >= 0.3 is 0 Å². The average Bonchev–Trinajstić information content (AvgIpc) is 2.91. The van der Waals surface area contributed by atoms with E-state index in [0.29, 0.717) is 43.0 Å². The summed E-state index contributed by atoms with van der Waals surface area (Å²) < 4.78 is 27.4. The van der Waals surface area contributed by atoms with Crippen LogP contribution in [0.3, 0.4) is 0 Å². The first-order valence-electron chi connectivity index (χ1n) is 12.0. The predicted molar refractivity (Wildman–Crippen MR) is 162 cm³/mol. The van der Waals surface area contributed by atoms with E-state index < -0.39 is 11.7 Å². The fourth-order valence-corrected chi connectivity index (χ4v) is 4.90. The number of carbonyl (C=O) groups is 1. The maximum absolute atomic E-state index is 13.4. The Kier molecular flexibility index (Phi) is 9.33. The molecule has 1 amide bonds. The number of benzene rings is 3. The van der Waals surface area contributed by atoms with E-state index in [-0.39, 0.29) is 18.1 Å². The smallest absolute Gasteiger partial charge is 0.282 e. The van der Waals surface area contributed by atoms with E-state index >= 15 is 0 Å². The van der Waals surface area contributed by atoms with E-state index in [1.165, 1.54) is 30.0 Å². The van der Waals surface area contributed by atoms with E-state index in [2.05, 4.69) is 48.9 Å². The van der Waals surface area contributed by atoms with Crippen LogP contribution >= 0.6 is 38.5 Å². The molecule has 0 spiro atoms. The minimum absolute atomic E-state index is 0.00636. The summed E-state index contributed by atoms with van der Waals surface area (Å²) in [7, 11) is 1.49. The minimum Gasteiger partial charge on any atom is -0.493 e. The lowest BCUT2D eigenvalue weighted by molar-refractivity contribution is -0.118. The second kappa shape index (κ2) is 12.7. The SMILES string of the molecule is CC[C@@H](C)c1nc2ccc(Br)cc2c(=O)n1N=Cc1cc(I)c(OCC(=O)Nc2cccc(F)c2)c(OC)c1. The number of amides is 1. The number of rotatable bonds is 9. The van der Waals surface area contributed by atoms with Gasteiger partial charge in [-0.15, -0.1) is 0 Å². The molecule has 0 aliphatic heterocycles. The normalized spacial score (nSPS) is 12.1. The van der Waals surface area contributed by atoms with Gasteiger partial charge in [0.1, 0.15) is 11.6 Å². The molecule has 3 aromatic carbocycles. The first-order chi connectivity index (χ1) is 18.7. The second-order valence-corrected chi connectivity index (χ2v) is 10.8. The van der Waals surface area contributed by atoms with Crippen LogP contribution in [0.25, 0.3) is 10.9 Å². The van der Waals surface area contributed by atoms with E-state index in [9.17, 15) is 14.0 Å². The van der Waals surface area contributed by atoms with Gasteiger partial charge in [-0.25, -0.2) is 9.37 Å². The van der Waals surface area contributed by atoms with Crippen LogP contribution in [0.15, 0.2) is 69.0 Å². The van der Waals surface area contributed by atoms with Gasteiger partial charge < -0.3 is 14.8 Å². The molecule has 1 aromatic heterocycles. The van der Waals surface area contributed by atoms with Gasteiger partial charge in [0.05, 0.1) is 27.8 Å². The third-order valence-electron chi connectivity index (χ3n) is 5.92. The van der Waals surface area contributed by atoms with Crippen LogP contribution in [0.1, 0.15) is 37.6 Å². The molecule has 1 N–H and O–H groups in total. The second-order valence-electron chi connectivity index (χ2n) is 8.68. The molecule has 1 heterocycles. The monoisotopic (exact) mass is 706 g/mol. The zero-order valence-electron chi connectivity index (χ0n) is 21.4. The lowest BCUT2D eigenvalue weighted by atomic mass is 10.1. The zero-order valence-corrected chi connectivity index (χ0v) is 25.1. The van der Waals surface area contributed by atoms with Crippen LogP contribution < -0.4 is 20.3 Å². The Morgan fingerprint density at radius 3 is 2.77 bits per heavy atom. The summed E-state index contributed by atoms with van der Waals surface area (Å²) in [5, 5.41) is 7.56. The summed E-state index contributed by atoms with van der Waals surface area (Å²) in [6.45, 7) is 3.73. The molecule has 8 nitrogen and oxygen atoms in total. The molecule has 4 aromatic rings. The van der Waals surface area contributed by atoms with E-state index in [1.807, 2.05) is 26.0 Å². The molecule has 0 aliphatic rings. The molecule has 0 fully saturated rings. The number of methoxy groups -OCH3 is 1. The van der Waals surface area contributed by atoms with Gasteiger partial charge in [-0.1, -0.05) is 35.8 Å². The van der Waals surface area contributed by atoms with Crippen LogP contribution in [0.2, 0.25) is 0 Å². The van der Waals surface area contributed by atoms with E-state index in [1.54, 1.807) is 30.5 Å². The Bertz CT molecular complexity index is 1630. The Balaban J connectivity index is 1.60. The number of hydrogen-bond donors (Lipinski definition) is 1. The number of carbonyl (C=O) groups excluding carboxylic acids is 1. The van der Waals surface area contributed by atoms with Crippen LogP contribution in [-0.2, 0) is 4.79 Å². The van der Waals surface area contributed by atoms with Crippen molar-refractivity contribution in [2.75, 3.05) is 19.0 Å². The first kappa shape index (κ1) is 28.7. The highest BCUT2D eigenvalue weighted by molar-refractivity contribution is 14.1. The van der Waals surface area contributed by atoms with Crippen molar-refractivity contribution in [3.05, 3.63) is 90.2 Å². The van der Waals surface area contributed by atoms with Crippen LogP contribution in [-0.4, -0.2) is 35.5 Å². The summed E-state index contributed by atoms with van der Waals surface area (Å²) in [6.07, 6.45) is 2.35. The molecule has 11 heteroatoms. The molecule has 0 unspecified atom stereocenters. The van der Waals surface area contributed by atoms with Crippen molar-refractivity contribution in [1.29, 1.82) is 0 Å². The molecule has 1 atom stereocenters. The van der Waals surface area contributed by atoms with Crippen molar-refractivity contribution in [2.24, 2.45) is 5.10 Å². The third kappa shape index (κ3) is 6.82. The summed E-state index contributed by atoms with van der Waals surface area (Å²) in [6, 6.07) is 14.5. The molecule has 0 bridgehead atoms. The number of halogens is 3. The predicted octanol–water partition coefficient (Wildman–Crippen LogP) is 6.32. The Morgan fingerprint density at radius 1 is 1.26 bits per heavy atom. The maximum Gasteiger partial charge on any atom is 0.282 e. The summed E-state index contributed by atoms with van der Waals surface area (Å²) >= 11 is 5.49. The van der Waals surface area contributed by atoms with Crippen molar-refractivity contribution >= 4 is 67.2 Å². The molecule has 0 aliphatic carbocycles. The molecule has 0 saturated carbocycles. The summed E-state index contributed by atoms with van der Waals surface area (Å²) in [4.78, 5) is 30.4. The highest BCUT2D eigenvalue weighted by atomic mass is 127. The quantitative estimate of drug-likeness (QED) is 0.162. The van der Waals surface area contributed by atoms with Gasteiger partial charge in [-0.2, -0.15) is 9.78 Å². The standard InChI is InChI=1S/C28H25BrFIN4O4/c1-4-16(2)27-34-23-9-8-18(29)12-21(23)28(37)35(27)32-14-17-10-22(31)26(24(11-17)38-3)39-15-25(36)33-20-7-5-6-19(30)13-20/h5-14,16H,4,15H2,1-3H3,(H,33,36)/t16-/m1/s1. The number of fused-ring (bicyclic) bond motifs is 1. The molecule has 39 heavy (non-hydrogen) atoms. The van der Waals surface area contributed by atoms with Crippen molar-refractivity contribution < 1.29 is 18.7 Å². The van der Waals surface area contributed by atoms with Gasteiger partial charge in [0.25, 0.3) is 11.5 Å². The van der Waals surface area contributed by atoms with Crippen molar-refractivity contribution in [2.45, 2.75) is 26.2 Å². The van der Waals surface area contributed by atoms with Crippen molar-refractivity contribution in [3.63, 3.8) is 0 Å². The lowest BCUT2D eigenvalue weighted by Crippen LogP contribution is -2.23. The van der Waals surface area contributed by atoms with Crippen LogP contribution in [0.5, 0.6) is 11.5 Å². The highest BCUT2D eigenvalue weighted by Crippen LogP contribution is 2.33. The Morgan fingerprint density at radius 2 is 2.05 bits per heavy atom. The largest absolute Gasteiger partial charge is 0.493 e. The van der Waals surface area contributed by atoms with Crippen LogP contribution in [0.4, 0.5) is 10.1 Å². The molecule has 202 valence electrons. The minimum atomic E-state index is -0.451. The van der Waals surface area contributed by atoms with Gasteiger partial charge in [0.15, 0.2) is 18.1 Å².